The number of nitriles is 1. The Kier molecular flexibility index (Phi) is 5.80. The molecule has 0 unspecified atom stereocenters. The summed E-state index contributed by atoms with van der Waals surface area (Å²) in [6, 6.07) is 3.79. The van der Waals surface area contributed by atoms with Crippen LogP contribution in [0.25, 0.3) is 0 Å². The molecule has 0 heterocycles. The summed E-state index contributed by atoms with van der Waals surface area (Å²) in [4.78, 5) is 11.8. The number of amides is 1. The van der Waals surface area contributed by atoms with E-state index in [1.807, 2.05) is 12.3 Å². The summed E-state index contributed by atoms with van der Waals surface area (Å²) < 4.78 is 13.5. The van der Waals surface area contributed by atoms with Crippen LogP contribution in [0.5, 0.6) is 0 Å². The minimum absolute atomic E-state index is 0.163. The molecule has 0 saturated heterocycles. The normalized spacial score (nSPS) is 11.7. The molecule has 0 aliphatic heterocycles. The zero-order valence-electron chi connectivity index (χ0n) is 10.9. The fraction of sp³-hybridized carbons (Fsp3) is 0.385. The number of nitrogens with one attached hydrogen (secondary N) is 1. The van der Waals surface area contributed by atoms with Gasteiger partial charge in [-0.3, -0.25) is 4.79 Å². The van der Waals surface area contributed by atoms with Crippen molar-refractivity contribution in [3.8, 4) is 6.07 Å². The number of anilines is 1. The van der Waals surface area contributed by atoms with Crippen molar-refractivity contribution < 1.29 is 9.18 Å². The van der Waals surface area contributed by atoms with E-state index in [9.17, 15) is 9.18 Å². The first-order valence-electron chi connectivity index (χ1n) is 5.75. The van der Waals surface area contributed by atoms with E-state index in [-0.39, 0.29) is 11.5 Å². The van der Waals surface area contributed by atoms with Gasteiger partial charge in [0.05, 0.1) is 17.7 Å². The van der Waals surface area contributed by atoms with Crippen LogP contribution in [0.1, 0.15) is 17.5 Å². The molecule has 0 bridgehead atoms. The number of nitrogens with zero attached hydrogens (tertiary/aromatic N) is 1. The van der Waals surface area contributed by atoms with Crippen LogP contribution in [0.15, 0.2) is 12.1 Å². The van der Waals surface area contributed by atoms with E-state index in [0.717, 1.165) is 11.8 Å². The Morgan fingerprint density at radius 1 is 1.63 bits per heavy atom. The van der Waals surface area contributed by atoms with Gasteiger partial charge in [0.2, 0.25) is 5.91 Å². The number of hydrogen-bond acceptors (Lipinski definition) is 4. The van der Waals surface area contributed by atoms with E-state index < -0.39 is 11.9 Å². The summed E-state index contributed by atoms with van der Waals surface area (Å²) in [5.41, 5.74) is 6.48. The van der Waals surface area contributed by atoms with Gasteiger partial charge in [0.1, 0.15) is 5.82 Å². The molecule has 1 rings (SSSR count). The van der Waals surface area contributed by atoms with E-state index >= 15 is 0 Å². The summed E-state index contributed by atoms with van der Waals surface area (Å²) >= 11 is 1.60. The lowest BCUT2D eigenvalue weighted by molar-refractivity contribution is -0.117. The molecule has 0 spiro atoms. The van der Waals surface area contributed by atoms with Gasteiger partial charge in [0.25, 0.3) is 0 Å². The Balaban J connectivity index is 2.85. The smallest absolute Gasteiger partial charge is 0.241 e. The molecule has 0 radical (unpaired) electrons. The minimum atomic E-state index is -0.638. The highest BCUT2D eigenvalue weighted by molar-refractivity contribution is 7.98. The molecule has 1 aromatic rings. The van der Waals surface area contributed by atoms with Crippen molar-refractivity contribution in [1.29, 1.82) is 5.26 Å². The fourth-order valence-electron chi connectivity index (χ4n) is 1.47. The van der Waals surface area contributed by atoms with E-state index in [1.165, 1.54) is 6.07 Å². The van der Waals surface area contributed by atoms with Gasteiger partial charge in [0, 0.05) is 11.3 Å². The number of thioether (sulfide) groups is 1. The van der Waals surface area contributed by atoms with E-state index in [4.69, 9.17) is 11.0 Å². The molecule has 3 N–H and O–H groups in total. The quantitative estimate of drug-likeness (QED) is 0.865. The number of carbonyl (C=O) groups excluding carboxylic acids is 1. The fourth-order valence-corrected chi connectivity index (χ4v) is 1.96. The van der Waals surface area contributed by atoms with Crippen LogP contribution in [-0.4, -0.2) is 24.0 Å². The monoisotopic (exact) mass is 281 g/mol. The van der Waals surface area contributed by atoms with Crippen molar-refractivity contribution in [2.75, 3.05) is 17.3 Å². The van der Waals surface area contributed by atoms with E-state index in [2.05, 4.69) is 5.32 Å². The molecule has 1 amide bonds. The van der Waals surface area contributed by atoms with E-state index in [1.54, 1.807) is 18.7 Å². The Bertz CT molecular complexity index is 513. The van der Waals surface area contributed by atoms with Gasteiger partial charge in [-0.05, 0) is 37.5 Å². The van der Waals surface area contributed by atoms with Crippen LogP contribution in [0, 0.1) is 24.1 Å². The molecule has 0 aromatic heterocycles. The molecular weight excluding hydrogens is 265 g/mol. The predicted octanol–water partition coefficient (Wildman–Crippen LogP) is 2.02. The number of carbonyl (C=O) groups is 1. The summed E-state index contributed by atoms with van der Waals surface area (Å²) in [6.45, 7) is 1.54. The molecule has 1 atom stereocenters. The number of benzene rings is 1. The van der Waals surface area contributed by atoms with Crippen molar-refractivity contribution in [3.05, 3.63) is 29.1 Å². The SMILES string of the molecule is CSCC[C@@H](N)C(=O)Nc1cc(C#N)cc(F)c1C. The standard InChI is InChI=1S/C13H16FN3OS/c1-8-10(14)5-9(7-15)6-12(8)17-13(18)11(16)3-4-19-2/h5-6,11H,3-4,16H2,1-2H3,(H,17,18)/t11-/m1/s1. The Hall–Kier alpha value is -1.58. The molecule has 0 aliphatic carbocycles. The number of hydrogen-bond donors (Lipinski definition) is 2. The summed E-state index contributed by atoms with van der Waals surface area (Å²) in [5.74, 6) is -0.112. The molecule has 19 heavy (non-hydrogen) atoms. The third-order valence-electron chi connectivity index (χ3n) is 2.70. The van der Waals surface area contributed by atoms with Gasteiger partial charge in [0.15, 0.2) is 0 Å². The summed E-state index contributed by atoms with van der Waals surface area (Å²) in [6.07, 6.45) is 2.48. The van der Waals surface area contributed by atoms with Gasteiger partial charge in [-0.25, -0.2) is 4.39 Å². The third-order valence-corrected chi connectivity index (χ3v) is 3.34. The van der Waals surface area contributed by atoms with Crippen LogP contribution in [0.2, 0.25) is 0 Å². The largest absolute Gasteiger partial charge is 0.324 e. The van der Waals surface area contributed by atoms with Gasteiger partial charge < -0.3 is 11.1 Å². The number of rotatable bonds is 5. The van der Waals surface area contributed by atoms with Crippen molar-refractivity contribution in [2.45, 2.75) is 19.4 Å². The van der Waals surface area contributed by atoms with Gasteiger partial charge in [-0.1, -0.05) is 0 Å². The highest BCUT2D eigenvalue weighted by atomic mass is 32.2. The molecular formula is C13H16FN3OS. The van der Waals surface area contributed by atoms with Gasteiger partial charge in [-0.2, -0.15) is 17.0 Å². The van der Waals surface area contributed by atoms with Crippen LogP contribution in [-0.2, 0) is 4.79 Å². The molecule has 0 saturated carbocycles. The van der Waals surface area contributed by atoms with Crippen molar-refractivity contribution in [1.82, 2.24) is 0 Å². The maximum Gasteiger partial charge on any atom is 0.241 e. The van der Waals surface area contributed by atoms with Crippen LogP contribution in [0.3, 0.4) is 0 Å². The average molecular weight is 281 g/mol. The predicted molar refractivity (Wildman–Crippen MR) is 75.5 cm³/mol. The highest BCUT2D eigenvalue weighted by Crippen LogP contribution is 2.20. The van der Waals surface area contributed by atoms with Crippen LogP contribution >= 0.6 is 11.8 Å². The average Bonchev–Trinajstić information content (AvgIpc) is 2.40. The van der Waals surface area contributed by atoms with Gasteiger partial charge in [-0.15, -0.1) is 0 Å². The molecule has 0 fully saturated rings. The van der Waals surface area contributed by atoms with Crippen molar-refractivity contribution in [2.24, 2.45) is 5.73 Å². The minimum Gasteiger partial charge on any atom is -0.324 e. The number of halogens is 1. The van der Waals surface area contributed by atoms with Crippen molar-refractivity contribution in [3.63, 3.8) is 0 Å². The molecule has 1 aromatic carbocycles. The maximum atomic E-state index is 13.5. The second-order valence-electron chi connectivity index (χ2n) is 4.12. The lowest BCUT2D eigenvalue weighted by Crippen LogP contribution is -2.36. The highest BCUT2D eigenvalue weighted by Gasteiger charge is 2.15. The maximum absolute atomic E-state index is 13.5. The van der Waals surface area contributed by atoms with Crippen LogP contribution in [0.4, 0.5) is 10.1 Å². The molecule has 102 valence electrons. The summed E-state index contributed by atoms with van der Waals surface area (Å²) in [5, 5.41) is 11.4. The zero-order chi connectivity index (χ0) is 14.4. The lowest BCUT2D eigenvalue weighted by atomic mass is 10.1. The Morgan fingerprint density at radius 2 is 2.32 bits per heavy atom. The Morgan fingerprint density at radius 3 is 2.89 bits per heavy atom. The first kappa shape index (κ1) is 15.5. The van der Waals surface area contributed by atoms with Crippen LogP contribution < -0.4 is 11.1 Å². The molecule has 0 aliphatic rings. The molecule has 6 heteroatoms. The zero-order valence-corrected chi connectivity index (χ0v) is 11.7. The van der Waals surface area contributed by atoms with Gasteiger partial charge >= 0.3 is 0 Å². The van der Waals surface area contributed by atoms with Crippen molar-refractivity contribution >= 4 is 23.4 Å². The first-order valence-corrected chi connectivity index (χ1v) is 7.14. The summed E-state index contributed by atoms with van der Waals surface area (Å²) in [7, 11) is 0. The Labute approximate surface area is 116 Å². The second kappa shape index (κ2) is 7.12. The van der Waals surface area contributed by atoms with E-state index in [0.29, 0.717) is 17.7 Å². The first-order chi connectivity index (χ1) is 8.99. The lowest BCUT2D eigenvalue weighted by Gasteiger charge is -2.14. The topological polar surface area (TPSA) is 78.9 Å². The third kappa shape index (κ3) is 4.23. The second-order valence-corrected chi connectivity index (χ2v) is 5.11. The number of nitrogens with two attached hydrogens (primary N) is 1. The molecule has 4 nitrogen and oxygen atoms in total.